The van der Waals surface area contributed by atoms with Crippen molar-refractivity contribution in [3.05, 3.63) is 0 Å². The van der Waals surface area contributed by atoms with Crippen molar-refractivity contribution >= 4 is 5.78 Å². The summed E-state index contributed by atoms with van der Waals surface area (Å²) in [5.41, 5.74) is -1.21. The Balaban J connectivity index is 2.68. The van der Waals surface area contributed by atoms with Crippen LogP contribution in [0.1, 0.15) is 6.92 Å². The second-order valence-electron chi connectivity index (χ2n) is 2.19. The Bertz CT molecular complexity index is 117. The number of rotatable bonds is 0. The minimum Gasteiger partial charge on any atom is -0.380 e. The van der Waals surface area contributed by atoms with Crippen molar-refractivity contribution < 1.29 is 14.6 Å². The molecule has 1 N–H and O–H groups in total. The topological polar surface area (TPSA) is 46.5 Å². The van der Waals surface area contributed by atoms with E-state index in [4.69, 9.17) is 5.11 Å². The average molecular weight is 116 g/mol. The molecule has 8 heavy (non-hydrogen) atoms. The maximum Gasteiger partial charge on any atom is 0.191 e. The van der Waals surface area contributed by atoms with Crippen molar-refractivity contribution in [1.29, 1.82) is 0 Å². The summed E-state index contributed by atoms with van der Waals surface area (Å²) in [4.78, 5) is 10.5. The molecule has 1 aliphatic heterocycles. The molecule has 1 heterocycles. The molecule has 0 saturated carbocycles. The van der Waals surface area contributed by atoms with Crippen molar-refractivity contribution in [1.82, 2.24) is 0 Å². The molecule has 3 heteroatoms. The lowest BCUT2D eigenvalue weighted by Crippen LogP contribution is -2.33. The third-order valence-corrected chi connectivity index (χ3v) is 1.22. The van der Waals surface area contributed by atoms with Crippen LogP contribution in [0.3, 0.4) is 0 Å². The van der Waals surface area contributed by atoms with Gasteiger partial charge in [0.1, 0.15) is 12.2 Å². The first-order valence-corrected chi connectivity index (χ1v) is 2.46. The van der Waals surface area contributed by atoms with Crippen LogP contribution in [0.15, 0.2) is 0 Å². The van der Waals surface area contributed by atoms with E-state index in [0.717, 1.165) is 0 Å². The van der Waals surface area contributed by atoms with E-state index in [0.29, 0.717) is 0 Å². The van der Waals surface area contributed by atoms with Gasteiger partial charge in [-0.05, 0) is 6.92 Å². The zero-order valence-corrected chi connectivity index (χ0v) is 4.68. The van der Waals surface area contributed by atoms with Gasteiger partial charge in [0, 0.05) is 0 Å². The molecule has 1 unspecified atom stereocenters. The quantitative estimate of drug-likeness (QED) is 0.457. The number of hydrogen-bond acceptors (Lipinski definition) is 3. The molecule has 0 amide bonds. The van der Waals surface area contributed by atoms with E-state index in [2.05, 4.69) is 4.74 Å². The van der Waals surface area contributed by atoms with E-state index in [-0.39, 0.29) is 19.0 Å². The van der Waals surface area contributed by atoms with Crippen LogP contribution in [-0.2, 0) is 9.53 Å². The van der Waals surface area contributed by atoms with Gasteiger partial charge in [0.2, 0.25) is 0 Å². The van der Waals surface area contributed by atoms with Crippen molar-refractivity contribution in [2.24, 2.45) is 0 Å². The molecular weight excluding hydrogens is 108 g/mol. The SMILES string of the molecule is CC1(O)COCC1=O. The van der Waals surface area contributed by atoms with Gasteiger partial charge in [-0.1, -0.05) is 0 Å². The molecule has 0 aromatic rings. The van der Waals surface area contributed by atoms with Crippen molar-refractivity contribution in [2.45, 2.75) is 12.5 Å². The number of hydrogen-bond donors (Lipinski definition) is 1. The summed E-state index contributed by atoms with van der Waals surface area (Å²) >= 11 is 0. The number of ether oxygens (including phenoxy) is 1. The first kappa shape index (κ1) is 5.72. The molecule has 0 radical (unpaired) electrons. The van der Waals surface area contributed by atoms with Crippen LogP contribution in [0.25, 0.3) is 0 Å². The highest BCUT2D eigenvalue weighted by Crippen LogP contribution is 2.11. The number of ketones is 1. The molecule has 1 rings (SSSR count). The summed E-state index contributed by atoms with van der Waals surface area (Å²) < 4.78 is 4.67. The third kappa shape index (κ3) is 0.743. The third-order valence-electron chi connectivity index (χ3n) is 1.22. The second kappa shape index (κ2) is 1.53. The molecule has 3 nitrogen and oxygen atoms in total. The molecular formula is C5H8O3. The Kier molecular flexibility index (Phi) is 1.10. The van der Waals surface area contributed by atoms with Gasteiger partial charge in [-0.15, -0.1) is 0 Å². The van der Waals surface area contributed by atoms with Crippen molar-refractivity contribution in [2.75, 3.05) is 13.2 Å². The van der Waals surface area contributed by atoms with E-state index < -0.39 is 5.60 Å². The largest absolute Gasteiger partial charge is 0.380 e. The first-order valence-electron chi connectivity index (χ1n) is 2.46. The molecule has 0 spiro atoms. The predicted molar refractivity (Wildman–Crippen MR) is 26.4 cm³/mol. The van der Waals surface area contributed by atoms with Gasteiger partial charge >= 0.3 is 0 Å². The monoisotopic (exact) mass is 116 g/mol. The number of Topliss-reactive ketones (excluding diaryl/α,β-unsaturated/α-hetero) is 1. The average Bonchev–Trinajstić information content (AvgIpc) is 1.86. The zero-order valence-electron chi connectivity index (χ0n) is 4.68. The predicted octanol–water partition coefficient (Wildman–Crippen LogP) is -0.663. The van der Waals surface area contributed by atoms with Crippen LogP contribution in [0.2, 0.25) is 0 Å². The fraction of sp³-hybridized carbons (Fsp3) is 0.800. The van der Waals surface area contributed by atoms with E-state index in [1.54, 1.807) is 0 Å². The van der Waals surface area contributed by atoms with Crippen LogP contribution >= 0.6 is 0 Å². The minimum atomic E-state index is -1.21. The lowest BCUT2D eigenvalue weighted by Gasteiger charge is -2.08. The van der Waals surface area contributed by atoms with Crippen LogP contribution in [0, 0.1) is 0 Å². The summed E-state index contributed by atoms with van der Waals surface area (Å²) in [6.07, 6.45) is 0. The Morgan fingerprint density at radius 3 is 2.62 bits per heavy atom. The molecule has 0 aliphatic carbocycles. The van der Waals surface area contributed by atoms with Crippen LogP contribution in [0.4, 0.5) is 0 Å². The van der Waals surface area contributed by atoms with Crippen LogP contribution in [-0.4, -0.2) is 29.7 Å². The molecule has 1 atom stereocenters. The summed E-state index contributed by atoms with van der Waals surface area (Å²) in [6, 6.07) is 0. The van der Waals surface area contributed by atoms with Gasteiger partial charge in [-0.3, -0.25) is 4.79 Å². The lowest BCUT2D eigenvalue weighted by atomic mass is 10.1. The Hall–Kier alpha value is -0.410. The first-order chi connectivity index (χ1) is 3.63. The van der Waals surface area contributed by atoms with Crippen LogP contribution < -0.4 is 0 Å². The summed E-state index contributed by atoms with van der Waals surface area (Å²) in [5, 5.41) is 8.99. The Labute approximate surface area is 47.3 Å². The standard InChI is InChI=1S/C5H8O3/c1-5(7)3-8-2-4(5)6/h7H,2-3H2,1H3. The summed E-state index contributed by atoms with van der Waals surface area (Å²) in [7, 11) is 0. The highest BCUT2D eigenvalue weighted by atomic mass is 16.5. The van der Waals surface area contributed by atoms with Gasteiger partial charge in [-0.25, -0.2) is 0 Å². The summed E-state index contributed by atoms with van der Waals surface area (Å²) in [5.74, 6) is -0.225. The normalized spacial score (nSPS) is 38.5. The molecule has 46 valence electrons. The van der Waals surface area contributed by atoms with Gasteiger partial charge in [0.05, 0.1) is 6.61 Å². The highest BCUT2D eigenvalue weighted by Gasteiger charge is 2.35. The van der Waals surface area contributed by atoms with E-state index >= 15 is 0 Å². The number of carbonyl (C=O) groups is 1. The minimum absolute atomic E-state index is 0.0625. The molecule has 1 fully saturated rings. The van der Waals surface area contributed by atoms with Gasteiger partial charge < -0.3 is 9.84 Å². The van der Waals surface area contributed by atoms with E-state index in [1.807, 2.05) is 0 Å². The number of carbonyl (C=O) groups excluding carboxylic acids is 1. The molecule has 1 saturated heterocycles. The number of aliphatic hydroxyl groups is 1. The van der Waals surface area contributed by atoms with E-state index in [1.165, 1.54) is 6.92 Å². The Morgan fingerprint density at radius 2 is 2.50 bits per heavy atom. The van der Waals surface area contributed by atoms with Crippen molar-refractivity contribution in [3.63, 3.8) is 0 Å². The summed E-state index contributed by atoms with van der Waals surface area (Å²) in [6.45, 7) is 1.67. The fourth-order valence-electron chi connectivity index (χ4n) is 0.578. The molecule has 0 aromatic carbocycles. The maximum absolute atomic E-state index is 10.5. The second-order valence-corrected chi connectivity index (χ2v) is 2.19. The zero-order chi connectivity index (χ0) is 6.20. The lowest BCUT2D eigenvalue weighted by molar-refractivity contribution is -0.129. The molecule has 0 bridgehead atoms. The van der Waals surface area contributed by atoms with Gasteiger partial charge in [-0.2, -0.15) is 0 Å². The van der Waals surface area contributed by atoms with Crippen LogP contribution in [0.5, 0.6) is 0 Å². The van der Waals surface area contributed by atoms with Crippen molar-refractivity contribution in [3.8, 4) is 0 Å². The maximum atomic E-state index is 10.5. The smallest absolute Gasteiger partial charge is 0.191 e. The molecule has 1 aliphatic rings. The van der Waals surface area contributed by atoms with E-state index in [9.17, 15) is 4.79 Å². The van der Waals surface area contributed by atoms with Gasteiger partial charge in [0.25, 0.3) is 0 Å². The highest BCUT2D eigenvalue weighted by molar-refractivity contribution is 5.89. The van der Waals surface area contributed by atoms with Gasteiger partial charge in [0.15, 0.2) is 5.78 Å². The Morgan fingerprint density at radius 1 is 1.88 bits per heavy atom. The molecule has 0 aromatic heterocycles. The fourth-order valence-corrected chi connectivity index (χ4v) is 0.578.